The number of rotatable bonds is 5. The summed E-state index contributed by atoms with van der Waals surface area (Å²) in [5, 5.41) is 1.00. The Morgan fingerprint density at radius 2 is 1.75 bits per heavy atom. The number of sulfonamides is 1. The number of thiazole rings is 1. The van der Waals surface area contributed by atoms with E-state index in [1.165, 1.54) is 15.8 Å². The van der Waals surface area contributed by atoms with Crippen LogP contribution in [0.2, 0.25) is 0 Å². The van der Waals surface area contributed by atoms with Crippen molar-refractivity contribution >= 4 is 42.6 Å². The van der Waals surface area contributed by atoms with Gasteiger partial charge in [0.15, 0.2) is 5.13 Å². The third kappa shape index (κ3) is 4.76. The molecule has 9 heteroatoms. The van der Waals surface area contributed by atoms with Crippen molar-refractivity contribution in [2.75, 3.05) is 37.6 Å². The summed E-state index contributed by atoms with van der Waals surface area (Å²) in [4.78, 5) is 22.4. The fourth-order valence-corrected chi connectivity index (χ4v) is 8.22. The number of aromatic nitrogens is 1. The number of amides is 1. The lowest BCUT2D eigenvalue weighted by Gasteiger charge is -2.35. The molecule has 1 amide bonds. The normalized spacial score (nSPS) is 19.7. The van der Waals surface area contributed by atoms with E-state index < -0.39 is 10.0 Å². The van der Waals surface area contributed by atoms with Crippen molar-refractivity contribution in [1.29, 1.82) is 0 Å². The van der Waals surface area contributed by atoms with Crippen molar-refractivity contribution in [1.82, 2.24) is 14.2 Å². The minimum atomic E-state index is -3.55. The largest absolute Gasteiger partial charge is 0.345 e. The number of benzene rings is 2. The summed E-state index contributed by atoms with van der Waals surface area (Å²) in [5.41, 5.74) is 4.03. The van der Waals surface area contributed by atoms with Crippen molar-refractivity contribution in [3.05, 3.63) is 53.1 Å². The third-order valence-corrected chi connectivity index (χ3v) is 10.6. The number of piperidine rings is 1. The van der Waals surface area contributed by atoms with Gasteiger partial charge in [-0.25, -0.2) is 13.4 Å². The van der Waals surface area contributed by atoms with Crippen LogP contribution in [-0.4, -0.2) is 67.3 Å². The van der Waals surface area contributed by atoms with E-state index in [4.69, 9.17) is 4.98 Å². The molecule has 36 heavy (non-hydrogen) atoms. The van der Waals surface area contributed by atoms with Gasteiger partial charge in [0.25, 0.3) is 5.91 Å². The highest BCUT2D eigenvalue weighted by Crippen LogP contribution is 2.33. The van der Waals surface area contributed by atoms with Gasteiger partial charge >= 0.3 is 0 Å². The maximum Gasteiger partial charge on any atom is 0.253 e. The van der Waals surface area contributed by atoms with E-state index in [0.29, 0.717) is 25.2 Å². The van der Waals surface area contributed by atoms with Gasteiger partial charge in [-0.05, 0) is 74.6 Å². The SMILES string of the molecule is CCC1CCCCN1S(=O)(=O)c1ccc(C(=O)N2CCN(c3nc4cc(C)cc(C)c4s3)CC2)cc1. The third-order valence-electron chi connectivity index (χ3n) is 7.40. The Kier molecular flexibility index (Phi) is 7.07. The average Bonchev–Trinajstić information content (AvgIpc) is 3.33. The number of hydrogen-bond acceptors (Lipinski definition) is 6. The number of carbonyl (C=O) groups is 1. The number of carbonyl (C=O) groups excluding carboxylic acids is 1. The zero-order valence-electron chi connectivity index (χ0n) is 21.2. The van der Waals surface area contributed by atoms with Crippen LogP contribution >= 0.6 is 11.3 Å². The van der Waals surface area contributed by atoms with Crippen LogP contribution in [0.3, 0.4) is 0 Å². The fourth-order valence-electron chi connectivity index (χ4n) is 5.39. The predicted molar refractivity (Wildman–Crippen MR) is 145 cm³/mol. The van der Waals surface area contributed by atoms with Crippen LogP contribution in [0.25, 0.3) is 10.2 Å². The molecule has 1 atom stereocenters. The van der Waals surface area contributed by atoms with Gasteiger partial charge in [0.2, 0.25) is 10.0 Å². The van der Waals surface area contributed by atoms with Crippen molar-refractivity contribution in [2.45, 2.75) is 57.4 Å². The first-order valence-corrected chi connectivity index (χ1v) is 15.1. The van der Waals surface area contributed by atoms with Crippen LogP contribution < -0.4 is 4.90 Å². The van der Waals surface area contributed by atoms with Crippen molar-refractivity contribution in [3.63, 3.8) is 0 Å². The molecule has 3 heterocycles. The highest BCUT2D eigenvalue weighted by molar-refractivity contribution is 7.89. The number of anilines is 1. The molecule has 2 saturated heterocycles. The highest BCUT2D eigenvalue weighted by Gasteiger charge is 2.32. The van der Waals surface area contributed by atoms with Crippen molar-refractivity contribution in [3.8, 4) is 0 Å². The number of aryl methyl sites for hydroxylation is 2. The summed E-state index contributed by atoms with van der Waals surface area (Å²) < 4.78 is 29.3. The molecule has 0 saturated carbocycles. The molecule has 0 spiro atoms. The molecule has 192 valence electrons. The van der Waals surface area contributed by atoms with Gasteiger partial charge in [-0.3, -0.25) is 4.79 Å². The van der Waals surface area contributed by atoms with Crippen molar-refractivity contribution in [2.24, 2.45) is 0 Å². The van der Waals surface area contributed by atoms with E-state index in [9.17, 15) is 13.2 Å². The van der Waals surface area contributed by atoms with E-state index in [1.807, 2.05) is 11.8 Å². The molecule has 1 unspecified atom stereocenters. The molecule has 0 aliphatic carbocycles. The van der Waals surface area contributed by atoms with Gasteiger partial charge in [0, 0.05) is 44.3 Å². The minimum absolute atomic E-state index is 0.0567. The summed E-state index contributed by atoms with van der Waals surface area (Å²) in [6.07, 6.45) is 3.70. The Morgan fingerprint density at radius 3 is 2.44 bits per heavy atom. The first-order chi connectivity index (χ1) is 17.3. The molecule has 2 aromatic carbocycles. The Morgan fingerprint density at radius 1 is 1.03 bits per heavy atom. The van der Waals surface area contributed by atoms with E-state index in [1.54, 1.807) is 39.9 Å². The fraction of sp³-hybridized carbons (Fsp3) is 0.481. The first-order valence-electron chi connectivity index (χ1n) is 12.8. The molecule has 7 nitrogen and oxygen atoms in total. The second-order valence-corrected chi connectivity index (χ2v) is 12.8. The molecule has 0 radical (unpaired) electrons. The van der Waals surface area contributed by atoms with E-state index >= 15 is 0 Å². The zero-order chi connectivity index (χ0) is 25.4. The highest BCUT2D eigenvalue weighted by atomic mass is 32.2. The van der Waals surface area contributed by atoms with Gasteiger partial charge in [-0.1, -0.05) is 30.7 Å². The predicted octanol–water partition coefficient (Wildman–Crippen LogP) is 4.83. The number of nitrogens with zero attached hydrogens (tertiary/aromatic N) is 4. The van der Waals surface area contributed by atoms with Gasteiger partial charge < -0.3 is 9.80 Å². The number of piperazine rings is 1. The molecule has 5 rings (SSSR count). The molecule has 2 aliphatic heterocycles. The molecular weight excluding hydrogens is 492 g/mol. The summed E-state index contributed by atoms with van der Waals surface area (Å²) in [6.45, 7) is 9.50. The molecule has 2 fully saturated rings. The molecule has 2 aliphatic rings. The van der Waals surface area contributed by atoms with Gasteiger partial charge in [0.1, 0.15) is 0 Å². The van der Waals surface area contributed by atoms with Crippen LogP contribution in [0.15, 0.2) is 41.3 Å². The lowest BCUT2D eigenvalue weighted by Crippen LogP contribution is -2.48. The number of hydrogen-bond donors (Lipinski definition) is 0. The second-order valence-electron chi connectivity index (χ2n) is 9.90. The quantitative estimate of drug-likeness (QED) is 0.476. The van der Waals surface area contributed by atoms with Crippen LogP contribution in [0.1, 0.15) is 54.1 Å². The maximum atomic E-state index is 13.2. The Labute approximate surface area is 217 Å². The molecule has 0 N–H and O–H groups in total. The monoisotopic (exact) mass is 526 g/mol. The lowest BCUT2D eigenvalue weighted by atomic mass is 10.0. The topological polar surface area (TPSA) is 73.8 Å². The van der Waals surface area contributed by atoms with Crippen molar-refractivity contribution < 1.29 is 13.2 Å². The summed E-state index contributed by atoms with van der Waals surface area (Å²) in [7, 11) is -3.55. The Balaban J connectivity index is 1.24. The molecule has 0 bridgehead atoms. The van der Waals surface area contributed by atoms with Crippen LogP contribution in [0, 0.1) is 13.8 Å². The smallest absolute Gasteiger partial charge is 0.253 e. The summed E-state index contributed by atoms with van der Waals surface area (Å²) >= 11 is 1.71. The zero-order valence-corrected chi connectivity index (χ0v) is 22.9. The molecule has 1 aromatic heterocycles. The second kappa shape index (κ2) is 10.1. The summed E-state index contributed by atoms with van der Waals surface area (Å²) in [5.74, 6) is -0.0567. The van der Waals surface area contributed by atoms with E-state index in [-0.39, 0.29) is 16.8 Å². The summed E-state index contributed by atoms with van der Waals surface area (Å²) in [6, 6.07) is 10.9. The van der Waals surface area contributed by atoms with Crippen LogP contribution in [0.5, 0.6) is 0 Å². The molecule has 3 aromatic rings. The Bertz CT molecular complexity index is 1360. The van der Waals surface area contributed by atoms with E-state index in [2.05, 4.69) is 30.9 Å². The van der Waals surface area contributed by atoms with Gasteiger partial charge in [0.05, 0.1) is 15.1 Å². The molecular formula is C27H34N4O3S2. The minimum Gasteiger partial charge on any atom is -0.345 e. The van der Waals surface area contributed by atoms with Crippen LogP contribution in [0.4, 0.5) is 5.13 Å². The Hall–Kier alpha value is -2.49. The first kappa shape index (κ1) is 25.2. The van der Waals surface area contributed by atoms with Gasteiger partial charge in [-0.2, -0.15) is 4.31 Å². The van der Waals surface area contributed by atoms with Crippen LogP contribution in [-0.2, 0) is 10.0 Å². The van der Waals surface area contributed by atoms with Gasteiger partial charge in [-0.15, -0.1) is 0 Å². The standard InChI is InChI=1S/C27H34N4O3S2/c1-4-22-7-5-6-12-31(22)36(33,34)23-10-8-21(9-11-23)26(32)29-13-15-30(16-14-29)27-28-24-18-19(2)17-20(3)25(24)35-27/h8-11,17-18,22H,4-7,12-16H2,1-3H3. The van der Waals surface area contributed by atoms with E-state index in [0.717, 1.165) is 49.4 Å². The number of fused-ring (bicyclic) bond motifs is 1. The lowest BCUT2D eigenvalue weighted by molar-refractivity contribution is 0.0746. The maximum absolute atomic E-state index is 13.2. The average molecular weight is 527 g/mol.